The van der Waals surface area contributed by atoms with Gasteiger partial charge in [0.2, 0.25) is 12.6 Å². The molecule has 11 rings (SSSR count). The Morgan fingerprint density at radius 1 is 0.633 bits per heavy atom. The minimum atomic E-state index is -2.01. The van der Waals surface area contributed by atoms with Gasteiger partial charge in [-0.2, -0.15) is 0 Å². The van der Waals surface area contributed by atoms with Crippen molar-refractivity contribution < 1.29 is 133 Å². The minimum absolute atomic E-state index is 0.00767. The smallest absolute Gasteiger partial charge is 0.331 e. The molecule has 0 bridgehead atoms. The van der Waals surface area contributed by atoms with Crippen molar-refractivity contribution in [3.63, 3.8) is 0 Å². The lowest BCUT2D eigenvalue weighted by Gasteiger charge is -2.71. The Bertz CT molecular complexity index is 3020. The van der Waals surface area contributed by atoms with Gasteiger partial charge in [0.25, 0.3) is 6.47 Å². The van der Waals surface area contributed by atoms with Gasteiger partial charge >= 0.3 is 5.97 Å². The Hall–Kier alpha value is -3.99. The predicted octanol–water partition coefficient (Wildman–Crippen LogP) is 0.706. The predicted molar refractivity (Wildman–Crippen MR) is 340 cm³/mol. The zero-order valence-corrected chi connectivity index (χ0v) is 57.1. The van der Waals surface area contributed by atoms with Crippen LogP contribution >= 0.6 is 0 Å². The van der Waals surface area contributed by atoms with Gasteiger partial charge in [-0.3, -0.25) is 4.79 Å². The first-order valence-corrected chi connectivity index (χ1v) is 34.7. The summed E-state index contributed by atoms with van der Waals surface area (Å²) in [6, 6.07) is 7.49. The number of aldehydes is 1. The SMILES string of the molecule is C=C(OC1OC(C)C(OC(=O)/C=C/c2ccc(C)cc2)C(O)C1OC1CC(C)C(O)C(O)C1O)[C@@H]1CC(C)(C)C[C@@H]2C1[C@H](O)C[C@]1(C)C2C=C[C@@H]2[C@@]3(C)CC[C@H](OC4OC(OC=O)C(O)C(OC5OCC(O)C(O)C5O)C4OC4OC(CO)C(O)C(O)C4O)[C@@](C)(C=O)[C@@H]3CC[C@]21C. The molecule has 4 heterocycles. The molecule has 5 saturated carbocycles. The van der Waals surface area contributed by atoms with Crippen molar-refractivity contribution >= 4 is 24.8 Å². The average molecular weight is 1390 g/mol. The first-order chi connectivity index (χ1) is 46.1. The van der Waals surface area contributed by atoms with Crippen molar-refractivity contribution in [2.75, 3.05) is 13.2 Å². The fourth-order valence-corrected chi connectivity index (χ4v) is 19.5. The monoisotopic (exact) mass is 1390 g/mol. The van der Waals surface area contributed by atoms with Gasteiger partial charge in [0, 0.05) is 12.0 Å². The Labute approximate surface area is 570 Å². The summed E-state index contributed by atoms with van der Waals surface area (Å²) in [6.07, 6.45) is -27.8. The second kappa shape index (κ2) is 28.9. The van der Waals surface area contributed by atoms with E-state index in [1.54, 1.807) is 26.8 Å². The molecule has 550 valence electrons. The zero-order valence-electron chi connectivity index (χ0n) is 57.1. The van der Waals surface area contributed by atoms with Crippen LogP contribution in [0.2, 0.25) is 0 Å². The van der Waals surface area contributed by atoms with E-state index in [-0.39, 0.29) is 60.1 Å². The Morgan fingerprint density at radius 3 is 2.00 bits per heavy atom. The molecule has 27 nitrogen and oxygen atoms in total. The van der Waals surface area contributed by atoms with Gasteiger partial charge in [0.05, 0.1) is 54.9 Å². The van der Waals surface area contributed by atoms with Crippen LogP contribution in [-0.4, -0.2) is 252 Å². The summed E-state index contributed by atoms with van der Waals surface area (Å²) in [6.45, 7) is 21.3. The van der Waals surface area contributed by atoms with E-state index in [1.807, 2.05) is 31.2 Å². The largest absolute Gasteiger partial charge is 0.467 e. The van der Waals surface area contributed by atoms with Gasteiger partial charge in [-0.25, -0.2) is 4.79 Å². The first kappa shape index (κ1) is 75.2. The molecule has 0 aromatic heterocycles. The highest BCUT2D eigenvalue weighted by Crippen LogP contribution is 2.75. The molecule has 10 aliphatic rings. The normalized spacial score (nSPS) is 50.8. The summed E-state index contributed by atoms with van der Waals surface area (Å²) in [5, 5.41) is 145. The third kappa shape index (κ3) is 13.6. The maximum atomic E-state index is 14.2. The van der Waals surface area contributed by atoms with Crippen molar-refractivity contribution in [1.82, 2.24) is 0 Å². The standard InChI is InChI=1S/C71H104O27/c1-31-11-13-35(14-12-31)15-18-46(77)95-58-34(4)91-65(60(56(58)86)92-41-23-32(2)48(78)52(82)50(41)80)90-33(3)36-24-67(5,6)25-37-38-16-17-44-68(7)21-20-45(69(8,29-73)43(68)19-22-70(44,9)71(38,10)26-39(75)47(36)37)94-66-61(97-64-55(85)53(83)51(81)42(27-72)93-64)59(57(87)63(98-66)89-30-74)96-62-54(84)49(79)40(76)28-88-62/h11-18,29-30,32,34,36-45,47-66,72,75-76,78-87H,3,19-28H2,1-2,4-10H3/b18-15+/t32?,34?,36-,37-,38?,39+,40?,41?,42?,43+,44+,45-,47?,48?,49?,50?,51?,52?,53?,54?,55?,56?,57?,58?,59?,60?,61?,62?,63?,64?,65?,66?,68-,69-,70+,71+/m0/s1. The van der Waals surface area contributed by atoms with Crippen molar-refractivity contribution in [2.45, 2.75) is 267 Å². The summed E-state index contributed by atoms with van der Waals surface area (Å²) in [4.78, 5) is 39.7. The second-order valence-corrected chi connectivity index (χ2v) is 31.7. The third-order valence-electron chi connectivity index (χ3n) is 25.0. The lowest BCUT2D eigenvalue weighted by molar-refractivity contribution is -0.410. The van der Waals surface area contributed by atoms with E-state index in [0.29, 0.717) is 32.1 Å². The van der Waals surface area contributed by atoms with Gasteiger partial charge in [-0.05, 0) is 134 Å². The van der Waals surface area contributed by atoms with E-state index in [1.165, 1.54) is 6.08 Å². The van der Waals surface area contributed by atoms with E-state index in [9.17, 15) is 80.8 Å². The highest BCUT2D eigenvalue weighted by atomic mass is 16.8. The van der Waals surface area contributed by atoms with E-state index in [4.69, 9.17) is 52.1 Å². The highest BCUT2D eigenvalue weighted by molar-refractivity contribution is 5.87. The number of aryl methyl sites for hydroxylation is 1. The summed E-state index contributed by atoms with van der Waals surface area (Å²) in [5.41, 5.74) is -1.49. The molecule has 6 aliphatic carbocycles. The van der Waals surface area contributed by atoms with Gasteiger partial charge in [-0.15, -0.1) is 0 Å². The topological polar surface area (TPSA) is 416 Å². The number of hydrogen-bond donors (Lipinski definition) is 13. The molecule has 4 saturated heterocycles. The van der Waals surface area contributed by atoms with Gasteiger partial charge in [0.15, 0.2) is 25.0 Å². The van der Waals surface area contributed by atoms with E-state index < -0.39 is 206 Å². The number of hydrogen-bond acceptors (Lipinski definition) is 27. The Balaban J connectivity index is 0.848. The summed E-state index contributed by atoms with van der Waals surface area (Å²) in [5.74, 6) is -2.61. The molecule has 0 amide bonds. The molecule has 27 heteroatoms. The fourth-order valence-electron chi connectivity index (χ4n) is 19.5. The van der Waals surface area contributed by atoms with Crippen molar-refractivity contribution in [1.29, 1.82) is 0 Å². The number of fused-ring (bicyclic) bond motifs is 7. The molecule has 0 spiro atoms. The van der Waals surface area contributed by atoms with E-state index in [2.05, 4.69) is 53.3 Å². The molecule has 0 radical (unpaired) electrons. The average Bonchev–Trinajstić information content (AvgIpc) is 0.677. The number of ether oxygens (including phenoxy) is 11. The van der Waals surface area contributed by atoms with Gasteiger partial charge < -0.3 is 123 Å². The summed E-state index contributed by atoms with van der Waals surface area (Å²) < 4.78 is 67.6. The second-order valence-electron chi connectivity index (χ2n) is 31.7. The molecular formula is C71H104O27. The van der Waals surface area contributed by atoms with Crippen LogP contribution in [-0.2, 0) is 66.5 Å². The van der Waals surface area contributed by atoms with Crippen molar-refractivity contribution in [2.24, 2.45) is 68.5 Å². The van der Waals surface area contributed by atoms with Crippen LogP contribution in [0.1, 0.15) is 118 Å². The molecule has 36 atom stereocenters. The number of carbonyl (C=O) groups excluding carboxylic acids is 3. The fraction of sp³-hybridized carbons (Fsp3) is 0.789. The van der Waals surface area contributed by atoms with Crippen molar-refractivity contribution in [3.8, 4) is 0 Å². The number of carbonyl (C=O) groups is 3. The van der Waals surface area contributed by atoms with Crippen LogP contribution in [0.3, 0.4) is 0 Å². The number of aliphatic hydroxyl groups is 13. The van der Waals surface area contributed by atoms with Gasteiger partial charge in [0.1, 0.15) is 91.7 Å². The number of allylic oxidation sites excluding steroid dienone is 3. The quantitative estimate of drug-likeness (QED) is 0.0240. The molecule has 1 aromatic carbocycles. The lowest BCUT2D eigenvalue weighted by Crippen LogP contribution is -2.69. The van der Waals surface area contributed by atoms with Crippen LogP contribution in [0.4, 0.5) is 0 Å². The van der Waals surface area contributed by atoms with Crippen LogP contribution in [0.15, 0.2) is 54.8 Å². The van der Waals surface area contributed by atoms with E-state index in [0.717, 1.165) is 23.8 Å². The molecule has 26 unspecified atom stereocenters. The first-order valence-electron chi connectivity index (χ1n) is 34.7. The third-order valence-corrected chi connectivity index (χ3v) is 25.0. The number of benzene rings is 1. The maximum absolute atomic E-state index is 14.2. The molecule has 98 heavy (non-hydrogen) atoms. The lowest BCUT2D eigenvalue weighted by atomic mass is 9.33. The van der Waals surface area contributed by atoms with Crippen LogP contribution in [0, 0.1) is 75.4 Å². The number of aliphatic hydroxyl groups excluding tert-OH is 13. The van der Waals surface area contributed by atoms with Crippen molar-refractivity contribution in [3.05, 3.63) is 66.0 Å². The van der Waals surface area contributed by atoms with Crippen LogP contribution in [0.5, 0.6) is 0 Å². The maximum Gasteiger partial charge on any atom is 0.331 e. The molecular weight excluding hydrogens is 1280 g/mol. The molecule has 13 N–H and O–H groups in total. The van der Waals surface area contributed by atoms with Crippen LogP contribution in [0.25, 0.3) is 6.08 Å². The number of rotatable bonds is 18. The summed E-state index contributed by atoms with van der Waals surface area (Å²) in [7, 11) is 0. The summed E-state index contributed by atoms with van der Waals surface area (Å²) >= 11 is 0. The number of esters is 1. The molecule has 4 aliphatic heterocycles. The molecule has 1 aromatic rings. The van der Waals surface area contributed by atoms with E-state index >= 15 is 0 Å². The highest BCUT2D eigenvalue weighted by Gasteiger charge is 2.71. The molecule has 9 fully saturated rings. The Morgan fingerprint density at radius 2 is 1.32 bits per heavy atom. The zero-order chi connectivity index (χ0) is 71.2. The Kier molecular flexibility index (Phi) is 22.2. The van der Waals surface area contributed by atoms with Crippen LogP contribution < -0.4 is 0 Å². The minimum Gasteiger partial charge on any atom is -0.467 e. The van der Waals surface area contributed by atoms with Gasteiger partial charge in [-0.1, -0.05) is 97.0 Å².